The Morgan fingerprint density at radius 1 is 1.35 bits per heavy atom. The summed E-state index contributed by atoms with van der Waals surface area (Å²) in [6.07, 6.45) is 2.17. The summed E-state index contributed by atoms with van der Waals surface area (Å²) >= 11 is 0. The molecule has 2 heterocycles. The summed E-state index contributed by atoms with van der Waals surface area (Å²) in [5.41, 5.74) is 9.36. The van der Waals surface area contributed by atoms with Crippen LogP contribution in [0.15, 0.2) is 36.4 Å². The lowest BCUT2D eigenvalue weighted by molar-refractivity contribution is 0.138. The van der Waals surface area contributed by atoms with Gasteiger partial charge in [-0.2, -0.15) is 5.10 Å². The Bertz CT molecular complexity index is 549. The summed E-state index contributed by atoms with van der Waals surface area (Å²) in [5.74, 6) is 0. The Morgan fingerprint density at radius 2 is 2.15 bits per heavy atom. The molecule has 1 aromatic carbocycles. The molecule has 20 heavy (non-hydrogen) atoms. The van der Waals surface area contributed by atoms with Crippen molar-refractivity contribution in [3.63, 3.8) is 0 Å². The number of H-pyrrole nitrogens is 1. The van der Waals surface area contributed by atoms with Crippen molar-refractivity contribution in [1.82, 2.24) is 15.1 Å². The fraction of sp³-hybridized carbons (Fsp3) is 0.438. The van der Waals surface area contributed by atoms with Crippen LogP contribution in [0.1, 0.15) is 25.5 Å². The second-order valence-electron chi connectivity index (χ2n) is 5.75. The van der Waals surface area contributed by atoms with E-state index >= 15 is 0 Å². The van der Waals surface area contributed by atoms with E-state index in [1.54, 1.807) is 0 Å². The summed E-state index contributed by atoms with van der Waals surface area (Å²) < 4.78 is 0. The highest BCUT2D eigenvalue weighted by Crippen LogP contribution is 2.21. The molecule has 1 fully saturated rings. The largest absolute Gasteiger partial charge is 0.328 e. The zero-order valence-electron chi connectivity index (χ0n) is 11.9. The minimum atomic E-state index is 0.364. The molecule has 1 aromatic heterocycles. The monoisotopic (exact) mass is 270 g/mol. The van der Waals surface area contributed by atoms with Crippen molar-refractivity contribution in [3.8, 4) is 11.3 Å². The van der Waals surface area contributed by atoms with E-state index < -0.39 is 0 Å². The lowest BCUT2D eigenvalue weighted by Gasteiger charge is -2.35. The van der Waals surface area contributed by atoms with Gasteiger partial charge in [0.2, 0.25) is 0 Å². The number of nitrogens with zero attached hydrogens (tertiary/aromatic N) is 2. The molecule has 2 unspecified atom stereocenters. The number of rotatable bonds is 3. The zero-order valence-corrected chi connectivity index (χ0v) is 11.9. The van der Waals surface area contributed by atoms with Gasteiger partial charge in [-0.3, -0.25) is 10.00 Å². The van der Waals surface area contributed by atoms with Crippen LogP contribution in [0.25, 0.3) is 11.3 Å². The van der Waals surface area contributed by atoms with Crippen molar-refractivity contribution >= 4 is 0 Å². The van der Waals surface area contributed by atoms with Gasteiger partial charge in [0.05, 0.1) is 5.69 Å². The molecule has 0 spiro atoms. The Morgan fingerprint density at radius 3 is 2.90 bits per heavy atom. The minimum absolute atomic E-state index is 0.364. The van der Waals surface area contributed by atoms with Crippen LogP contribution in [0.3, 0.4) is 0 Å². The summed E-state index contributed by atoms with van der Waals surface area (Å²) in [5, 5.41) is 7.58. The van der Waals surface area contributed by atoms with Crippen LogP contribution in [-0.2, 0) is 6.54 Å². The van der Waals surface area contributed by atoms with Crippen molar-refractivity contribution < 1.29 is 0 Å². The second-order valence-corrected chi connectivity index (χ2v) is 5.75. The maximum atomic E-state index is 6.01. The van der Waals surface area contributed by atoms with Crippen LogP contribution in [0, 0.1) is 0 Å². The van der Waals surface area contributed by atoms with E-state index in [9.17, 15) is 0 Å². The highest BCUT2D eigenvalue weighted by molar-refractivity contribution is 5.58. The highest BCUT2D eigenvalue weighted by Gasteiger charge is 2.23. The van der Waals surface area contributed by atoms with E-state index in [-0.39, 0.29) is 0 Å². The molecule has 0 bridgehead atoms. The third kappa shape index (κ3) is 2.92. The van der Waals surface area contributed by atoms with Gasteiger partial charge in [-0.1, -0.05) is 30.3 Å². The summed E-state index contributed by atoms with van der Waals surface area (Å²) in [6, 6.07) is 13.3. The molecule has 2 aromatic rings. The molecule has 1 aliphatic rings. The standard InChI is InChI=1S/C16H22N4/c1-12-9-14(17)7-8-20(12)11-15-10-16(19-18-15)13-5-3-2-4-6-13/h2-6,10,12,14H,7-9,11,17H2,1H3,(H,18,19). The SMILES string of the molecule is CC1CC(N)CCN1Cc1cc(-c2ccccc2)n[nH]1. The predicted octanol–water partition coefficient (Wildman–Crippen LogP) is 2.39. The van der Waals surface area contributed by atoms with Gasteiger partial charge in [-0.05, 0) is 25.8 Å². The van der Waals surface area contributed by atoms with Crippen molar-refractivity contribution in [2.24, 2.45) is 5.73 Å². The van der Waals surface area contributed by atoms with Gasteiger partial charge in [0.1, 0.15) is 0 Å². The number of piperidine rings is 1. The van der Waals surface area contributed by atoms with Gasteiger partial charge in [-0.15, -0.1) is 0 Å². The van der Waals surface area contributed by atoms with E-state index in [4.69, 9.17) is 5.73 Å². The number of hydrogen-bond donors (Lipinski definition) is 2. The van der Waals surface area contributed by atoms with E-state index in [1.807, 2.05) is 18.2 Å². The van der Waals surface area contributed by atoms with Crippen molar-refractivity contribution in [1.29, 1.82) is 0 Å². The number of likely N-dealkylation sites (tertiary alicyclic amines) is 1. The van der Waals surface area contributed by atoms with Crippen molar-refractivity contribution in [2.75, 3.05) is 6.54 Å². The average molecular weight is 270 g/mol. The van der Waals surface area contributed by atoms with Crippen LogP contribution < -0.4 is 5.73 Å². The number of aromatic amines is 1. The van der Waals surface area contributed by atoms with Gasteiger partial charge in [0, 0.05) is 36.4 Å². The summed E-state index contributed by atoms with van der Waals surface area (Å²) in [4.78, 5) is 2.48. The molecule has 1 saturated heterocycles. The molecular formula is C16H22N4. The second kappa shape index (κ2) is 5.77. The minimum Gasteiger partial charge on any atom is -0.328 e. The van der Waals surface area contributed by atoms with Gasteiger partial charge < -0.3 is 5.73 Å². The van der Waals surface area contributed by atoms with Gasteiger partial charge in [0.15, 0.2) is 0 Å². The fourth-order valence-corrected chi connectivity index (χ4v) is 2.91. The molecule has 2 atom stereocenters. The Hall–Kier alpha value is -1.65. The maximum Gasteiger partial charge on any atom is 0.0924 e. The average Bonchev–Trinajstić information content (AvgIpc) is 2.92. The molecule has 4 heteroatoms. The molecule has 3 rings (SSSR count). The summed E-state index contributed by atoms with van der Waals surface area (Å²) in [7, 11) is 0. The zero-order chi connectivity index (χ0) is 13.9. The molecule has 106 valence electrons. The molecule has 0 saturated carbocycles. The quantitative estimate of drug-likeness (QED) is 0.900. The summed E-state index contributed by atoms with van der Waals surface area (Å²) in [6.45, 7) is 4.25. The van der Waals surface area contributed by atoms with Crippen LogP contribution in [0.5, 0.6) is 0 Å². The predicted molar refractivity (Wildman–Crippen MR) is 81.1 cm³/mol. The van der Waals surface area contributed by atoms with E-state index in [0.717, 1.165) is 37.2 Å². The van der Waals surface area contributed by atoms with Crippen LogP contribution >= 0.6 is 0 Å². The van der Waals surface area contributed by atoms with Crippen molar-refractivity contribution in [3.05, 3.63) is 42.1 Å². The third-order valence-electron chi connectivity index (χ3n) is 4.13. The lowest BCUT2D eigenvalue weighted by Crippen LogP contribution is -2.45. The normalized spacial score (nSPS) is 23.9. The number of nitrogens with one attached hydrogen (secondary N) is 1. The molecule has 0 aliphatic carbocycles. The van der Waals surface area contributed by atoms with Gasteiger partial charge >= 0.3 is 0 Å². The van der Waals surface area contributed by atoms with Crippen LogP contribution in [0.4, 0.5) is 0 Å². The Balaban J connectivity index is 1.69. The molecule has 0 amide bonds. The topological polar surface area (TPSA) is 57.9 Å². The van der Waals surface area contributed by atoms with Crippen LogP contribution in [0.2, 0.25) is 0 Å². The van der Waals surface area contributed by atoms with E-state index in [2.05, 4.69) is 40.2 Å². The van der Waals surface area contributed by atoms with E-state index in [0.29, 0.717) is 12.1 Å². The lowest BCUT2D eigenvalue weighted by atomic mass is 9.99. The molecular weight excluding hydrogens is 248 g/mol. The van der Waals surface area contributed by atoms with E-state index in [1.165, 1.54) is 5.69 Å². The number of hydrogen-bond acceptors (Lipinski definition) is 3. The fourth-order valence-electron chi connectivity index (χ4n) is 2.91. The first-order valence-corrected chi connectivity index (χ1v) is 7.31. The number of nitrogens with two attached hydrogens (primary N) is 1. The van der Waals surface area contributed by atoms with Gasteiger partial charge in [-0.25, -0.2) is 0 Å². The molecule has 4 nitrogen and oxygen atoms in total. The third-order valence-corrected chi connectivity index (χ3v) is 4.13. The number of aromatic nitrogens is 2. The molecule has 1 aliphatic heterocycles. The first kappa shape index (κ1) is 13.3. The maximum absolute atomic E-state index is 6.01. The Kier molecular flexibility index (Phi) is 3.85. The smallest absolute Gasteiger partial charge is 0.0924 e. The number of benzene rings is 1. The first-order valence-electron chi connectivity index (χ1n) is 7.31. The highest BCUT2D eigenvalue weighted by atomic mass is 15.2. The molecule has 0 radical (unpaired) electrons. The Labute approximate surface area is 120 Å². The first-order chi connectivity index (χ1) is 9.72. The van der Waals surface area contributed by atoms with Gasteiger partial charge in [0.25, 0.3) is 0 Å². The van der Waals surface area contributed by atoms with Crippen molar-refractivity contribution in [2.45, 2.75) is 38.4 Å². The van der Waals surface area contributed by atoms with Crippen LogP contribution in [-0.4, -0.2) is 33.7 Å². The molecule has 3 N–H and O–H groups in total.